The summed E-state index contributed by atoms with van der Waals surface area (Å²) in [5.41, 5.74) is 11.5. The molecule has 5 heteroatoms. The van der Waals surface area contributed by atoms with E-state index in [-0.39, 0.29) is 0 Å². The lowest BCUT2D eigenvalue weighted by Crippen LogP contribution is -2.00. The van der Waals surface area contributed by atoms with Crippen molar-refractivity contribution in [2.24, 2.45) is 0 Å². The fraction of sp³-hybridized carbons (Fsp3) is 0. The molecule has 0 aliphatic carbocycles. The van der Waals surface area contributed by atoms with Gasteiger partial charge in [0.1, 0.15) is 11.2 Å². The summed E-state index contributed by atoms with van der Waals surface area (Å²) in [5, 5.41) is 4.51. The fourth-order valence-corrected chi connectivity index (χ4v) is 9.23. The van der Waals surface area contributed by atoms with Gasteiger partial charge in [0, 0.05) is 53.2 Å². The number of nitrogens with zero attached hydrogens (tertiary/aromatic N) is 3. The summed E-state index contributed by atoms with van der Waals surface area (Å²) < 4.78 is 8.79. The molecule has 0 fully saturated rings. The molecule has 0 unspecified atom stereocenters. The van der Waals surface area contributed by atoms with Gasteiger partial charge in [-0.2, -0.15) is 0 Å². The standard InChI is InChI=1S/C51H31N3OS/c1-5-15-32(16-6-1)37-29-42(33-17-7-2-8-18-33)47-43(30-37)46-41(51-53-49(34-19-9-3-10-20-34)52-50(54-51)35-21-11-4-12-22-35)28-27-38(48(46)56-47)36-25-26-40-39-23-13-14-24-44(39)55-45(40)31-36/h1-31H. The molecule has 4 nitrogen and oxygen atoms in total. The van der Waals surface area contributed by atoms with Gasteiger partial charge in [-0.15, -0.1) is 11.3 Å². The number of aromatic nitrogens is 3. The molecule has 0 aliphatic heterocycles. The highest BCUT2D eigenvalue weighted by Crippen LogP contribution is 2.49. The third-order valence-electron chi connectivity index (χ3n) is 10.5. The van der Waals surface area contributed by atoms with E-state index in [1.807, 2.05) is 59.9 Å². The van der Waals surface area contributed by atoms with Crippen molar-refractivity contribution in [2.75, 3.05) is 0 Å². The first kappa shape index (κ1) is 32.2. The number of hydrogen-bond acceptors (Lipinski definition) is 5. The molecule has 8 aromatic carbocycles. The third-order valence-corrected chi connectivity index (χ3v) is 11.8. The molecule has 0 amide bonds. The lowest BCUT2D eigenvalue weighted by molar-refractivity contribution is 0.669. The Hall–Kier alpha value is -7.21. The molecule has 0 aliphatic rings. The number of rotatable bonds is 6. The number of furan rings is 1. The van der Waals surface area contributed by atoms with Gasteiger partial charge in [0.2, 0.25) is 0 Å². The van der Waals surface area contributed by atoms with E-state index in [4.69, 9.17) is 19.4 Å². The molecule has 0 saturated heterocycles. The molecular formula is C51H31N3OS. The summed E-state index contributed by atoms with van der Waals surface area (Å²) >= 11 is 1.83. The van der Waals surface area contributed by atoms with Crippen molar-refractivity contribution >= 4 is 53.4 Å². The summed E-state index contributed by atoms with van der Waals surface area (Å²) in [7, 11) is 0. The highest BCUT2D eigenvalue weighted by Gasteiger charge is 2.22. The van der Waals surface area contributed by atoms with Crippen LogP contribution in [0.3, 0.4) is 0 Å². The summed E-state index contributed by atoms with van der Waals surface area (Å²) in [4.78, 5) is 15.5. The topological polar surface area (TPSA) is 51.8 Å². The predicted molar refractivity (Wildman–Crippen MR) is 233 cm³/mol. The molecule has 56 heavy (non-hydrogen) atoms. The minimum absolute atomic E-state index is 0.632. The second-order valence-corrected chi connectivity index (χ2v) is 15.0. The van der Waals surface area contributed by atoms with E-state index < -0.39 is 0 Å². The van der Waals surface area contributed by atoms with E-state index in [9.17, 15) is 0 Å². The maximum atomic E-state index is 6.41. The van der Waals surface area contributed by atoms with E-state index in [2.05, 4.69) is 140 Å². The van der Waals surface area contributed by atoms with Gasteiger partial charge in [0.25, 0.3) is 0 Å². The second-order valence-electron chi connectivity index (χ2n) is 13.9. The largest absolute Gasteiger partial charge is 0.456 e. The molecule has 11 aromatic rings. The Labute approximate surface area is 327 Å². The molecule has 11 rings (SSSR count). The SMILES string of the molecule is c1ccc(-c2cc(-c3ccccc3)c3sc4c(-c5ccc6c(c5)oc5ccccc56)ccc(-c5nc(-c6ccccc6)nc(-c6ccccc6)n5)c4c3c2)cc1. The molecule has 0 N–H and O–H groups in total. The van der Waals surface area contributed by atoms with E-state index >= 15 is 0 Å². The lowest BCUT2D eigenvalue weighted by atomic mass is 9.93. The zero-order valence-electron chi connectivity index (χ0n) is 30.1. The van der Waals surface area contributed by atoms with Crippen LogP contribution >= 0.6 is 11.3 Å². The Bertz CT molecular complexity index is 3170. The molecule has 0 spiro atoms. The van der Waals surface area contributed by atoms with E-state index in [0.717, 1.165) is 71.7 Å². The first-order chi connectivity index (χ1) is 27.7. The van der Waals surface area contributed by atoms with Crippen LogP contribution < -0.4 is 0 Å². The van der Waals surface area contributed by atoms with E-state index in [1.165, 1.54) is 20.5 Å². The third kappa shape index (κ3) is 5.48. The average molecular weight is 734 g/mol. The van der Waals surface area contributed by atoms with E-state index in [1.54, 1.807) is 0 Å². The number of hydrogen-bond donors (Lipinski definition) is 0. The Morgan fingerprint density at radius 1 is 0.321 bits per heavy atom. The van der Waals surface area contributed by atoms with Gasteiger partial charge in [0.15, 0.2) is 17.5 Å². The van der Waals surface area contributed by atoms with Crippen LogP contribution in [0.1, 0.15) is 0 Å². The van der Waals surface area contributed by atoms with Crippen molar-refractivity contribution in [2.45, 2.75) is 0 Å². The summed E-state index contributed by atoms with van der Waals surface area (Å²) in [6, 6.07) is 65.7. The van der Waals surface area contributed by atoms with E-state index in [0.29, 0.717) is 17.5 Å². The van der Waals surface area contributed by atoms with Crippen LogP contribution in [-0.2, 0) is 0 Å². The normalized spacial score (nSPS) is 11.6. The Balaban J connectivity index is 1.24. The van der Waals surface area contributed by atoms with Crippen molar-refractivity contribution in [1.82, 2.24) is 15.0 Å². The number of fused-ring (bicyclic) bond motifs is 6. The van der Waals surface area contributed by atoms with Crippen LogP contribution in [0, 0.1) is 0 Å². The van der Waals surface area contributed by atoms with Crippen LogP contribution in [0.4, 0.5) is 0 Å². The fourth-order valence-electron chi connectivity index (χ4n) is 7.85. The summed E-state index contributed by atoms with van der Waals surface area (Å²) in [6.45, 7) is 0. The van der Waals surface area contributed by atoms with Gasteiger partial charge in [-0.25, -0.2) is 15.0 Å². The van der Waals surface area contributed by atoms with Gasteiger partial charge in [-0.1, -0.05) is 152 Å². The van der Waals surface area contributed by atoms with Gasteiger partial charge >= 0.3 is 0 Å². The zero-order valence-corrected chi connectivity index (χ0v) is 30.9. The van der Waals surface area contributed by atoms with Gasteiger partial charge < -0.3 is 4.42 Å². The van der Waals surface area contributed by atoms with Crippen molar-refractivity contribution in [3.8, 4) is 67.5 Å². The Kier molecular flexibility index (Phi) is 7.64. The molecule has 3 aromatic heterocycles. The highest BCUT2D eigenvalue weighted by molar-refractivity contribution is 7.27. The number of thiophene rings is 1. The van der Waals surface area contributed by atoms with Crippen LogP contribution in [-0.4, -0.2) is 15.0 Å². The smallest absolute Gasteiger partial charge is 0.164 e. The second kappa shape index (κ2) is 13.3. The molecule has 3 heterocycles. The predicted octanol–water partition coefficient (Wildman–Crippen LogP) is 14.1. The Morgan fingerprint density at radius 2 is 0.875 bits per heavy atom. The molecular weight excluding hydrogens is 703 g/mol. The zero-order chi connectivity index (χ0) is 37.0. The molecule has 0 atom stereocenters. The van der Waals surface area contributed by atoms with Crippen molar-refractivity contribution in [3.63, 3.8) is 0 Å². The van der Waals surface area contributed by atoms with Crippen LogP contribution in [0.25, 0.3) is 110 Å². The quantitative estimate of drug-likeness (QED) is 0.171. The molecule has 262 valence electrons. The average Bonchev–Trinajstić information content (AvgIpc) is 3.85. The minimum Gasteiger partial charge on any atom is -0.456 e. The van der Waals surface area contributed by atoms with Crippen molar-refractivity contribution < 1.29 is 4.42 Å². The maximum absolute atomic E-state index is 6.41. The molecule has 0 saturated carbocycles. The monoisotopic (exact) mass is 733 g/mol. The summed E-state index contributed by atoms with van der Waals surface area (Å²) in [6.07, 6.45) is 0. The first-order valence-electron chi connectivity index (χ1n) is 18.7. The minimum atomic E-state index is 0.632. The van der Waals surface area contributed by atoms with Crippen molar-refractivity contribution in [1.29, 1.82) is 0 Å². The summed E-state index contributed by atoms with van der Waals surface area (Å²) in [5.74, 6) is 1.90. The molecule has 0 bridgehead atoms. The van der Waals surface area contributed by atoms with Crippen LogP contribution in [0.2, 0.25) is 0 Å². The number of para-hydroxylation sites is 1. The van der Waals surface area contributed by atoms with Gasteiger partial charge in [-0.05, 0) is 64.2 Å². The maximum Gasteiger partial charge on any atom is 0.164 e. The van der Waals surface area contributed by atoms with Crippen molar-refractivity contribution in [3.05, 3.63) is 188 Å². The van der Waals surface area contributed by atoms with Crippen LogP contribution in [0.5, 0.6) is 0 Å². The highest BCUT2D eigenvalue weighted by atomic mass is 32.1. The van der Waals surface area contributed by atoms with Crippen LogP contribution in [0.15, 0.2) is 192 Å². The van der Waals surface area contributed by atoms with Gasteiger partial charge in [0.05, 0.1) is 0 Å². The number of benzene rings is 8. The lowest BCUT2D eigenvalue weighted by Gasteiger charge is -2.12. The molecule has 0 radical (unpaired) electrons. The first-order valence-corrected chi connectivity index (χ1v) is 19.5. The van der Waals surface area contributed by atoms with Gasteiger partial charge in [-0.3, -0.25) is 0 Å². The Morgan fingerprint density at radius 3 is 1.55 bits per heavy atom.